The first kappa shape index (κ1) is 62.5. The molecule has 0 saturated carbocycles. The lowest BCUT2D eigenvalue weighted by Gasteiger charge is -2.30. The van der Waals surface area contributed by atoms with Crippen molar-refractivity contribution in [3.05, 3.63) is 31.5 Å². The molecule has 13 amide bonds. The molecule has 73 heavy (non-hydrogen) atoms. The lowest BCUT2D eigenvalue weighted by Crippen LogP contribution is -2.59. The Morgan fingerprint density at radius 3 is 1.16 bits per heavy atom. The number of hydrogen-bond donors (Lipinski definition) is 13. The molecule has 0 unspecified atom stereocenters. The summed E-state index contributed by atoms with van der Waals surface area (Å²) in [5, 5.41) is 46.5. The van der Waals surface area contributed by atoms with Gasteiger partial charge in [-0.2, -0.15) is 25.5 Å². The molecule has 0 fully saturated rings. The van der Waals surface area contributed by atoms with Crippen LogP contribution in [0, 0.1) is 23.0 Å². The SMILES string of the molecule is CCNC(=O)NCN(CNC(=O)CCN=C=O)CN(CNC(=O)NCN=C=O)CNC(=O)NCOC#N.N#COCNC(=O)NCn1c(=O)n(CNC(=O)NCN=C=O)c(=O)n(CNC(=O)NCN=C=O)c1=O. The highest BCUT2D eigenvalue weighted by molar-refractivity contribution is 5.76. The zero-order chi connectivity index (χ0) is 54.7. The minimum atomic E-state index is -1.26. The van der Waals surface area contributed by atoms with Crippen LogP contribution in [0.2, 0.25) is 0 Å². The number of aliphatic imine (C=N–C) groups is 4. The molecule has 13 N–H and O–H groups in total. The molecule has 0 aliphatic carbocycles. The number of nitrogens with one attached hydrogen (secondary N) is 13. The van der Waals surface area contributed by atoms with E-state index in [1.165, 1.54) is 41.7 Å². The van der Waals surface area contributed by atoms with Crippen molar-refractivity contribution in [1.29, 1.82) is 10.5 Å². The van der Waals surface area contributed by atoms with Crippen molar-refractivity contribution in [1.82, 2.24) is 92.6 Å². The second kappa shape index (κ2) is 39.5. The first-order valence-corrected chi connectivity index (χ1v) is 20.0. The molecule has 40 nitrogen and oxygen atoms in total. The van der Waals surface area contributed by atoms with Crippen molar-refractivity contribution in [2.24, 2.45) is 20.0 Å². The Labute approximate surface area is 408 Å². The van der Waals surface area contributed by atoms with Gasteiger partial charge in [0.05, 0.1) is 39.9 Å². The van der Waals surface area contributed by atoms with Crippen molar-refractivity contribution in [2.75, 3.05) is 79.9 Å². The summed E-state index contributed by atoms with van der Waals surface area (Å²) in [6.07, 6.45) is 7.58. The van der Waals surface area contributed by atoms with Gasteiger partial charge in [-0.25, -0.2) is 81.0 Å². The number of isocyanates is 4. The predicted octanol–water partition coefficient (Wildman–Crippen LogP) is -8.13. The molecule has 0 radical (unpaired) electrons. The van der Waals surface area contributed by atoms with E-state index in [0.717, 1.165) is 0 Å². The van der Waals surface area contributed by atoms with Gasteiger partial charge in [0.1, 0.15) is 40.0 Å². The number of nitrogens with zero attached hydrogens (tertiary/aromatic N) is 11. The Hall–Kier alpha value is -10.5. The van der Waals surface area contributed by atoms with E-state index in [1.807, 2.05) is 0 Å². The third kappa shape index (κ3) is 29.8. The van der Waals surface area contributed by atoms with E-state index < -0.39 is 99.2 Å². The molecule has 1 rings (SSSR count). The van der Waals surface area contributed by atoms with E-state index in [0.29, 0.717) is 20.2 Å². The molecule has 0 atom stereocenters. The van der Waals surface area contributed by atoms with Gasteiger partial charge in [-0.05, 0) is 6.92 Å². The molecule has 1 aromatic heterocycles. The second-order valence-electron chi connectivity index (χ2n) is 12.5. The van der Waals surface area contributed by atoms with Crippen molar-refractivity contribution < 1.29 is 62.2 Å². The monoisotopic (exact) mass is 1040 g/mol. The van der Waals surface area contributed by atoms with Crippen molar-refractivity contribution in [2.45, 2.75) is 33.4 Å². The predicted molar refractivity (Wildman–Crippen MR) is 236 cm³/mol. The quantitative estimate of drug-likeness (QED) is 0.0112. The minimum absolute atomic E-state index is 0.000914. The van der Waals surface area contributed by atoms with Crippen LogP contribution >= 0.6 is 0 Å². The van der Waals surface area contributed by atoms with Crippen LogP contribution in [0.4, 0.5) is 28.8 Å². The average Bonchev–Trinajstić information content (AvgIpc) is 3.36. The fraction of sp³-hybridized carbons (Fsp3) is 0.515. The standard InChI is InChI=1S/C18H30N12O7.C15H18N12O9/c1-2-22-16(34)25-8-29(7-24-15(33)3-4-20-11-31)14-30(9-26-17(35)23-6-21-12-32)10-27-18(36)28-13-37-5-19;16-1-36-9-24-12(32)23-6-27-14(34)25(4-21-10(30)19-2-17-7-28)13(33)26(15(27)35)5-22-11(31)20-3-18-8-29/h2-4,6-10,13-14H2,1H3,(H,24,33)(H2,22,25,34)(H2,23,26,35)(H2,27,28,36);2-6,9H2,(H2,19,21,30)(H2,20,22,31)(H2,23,24,32). The van der Waals surface area contributed by atoms with Crippen LogP contribution in [0.1, 0.15) is 13.3 Å². The molecular formula is C33H48N24O16. The largest absolute Gasteiger partial charge is 0.405 e. The van der Waals surface area contributed by atoms with E-state index in [-0.39, 0.29) is 59.7 Å². The maximum absolute atomic E-state index is 12.7. The number of carbonyl (C=O) groups excluding carboxylic acids is 11. The van der Waals surface area contributed by atoms with E-state index in [1.54, 1.807) is 11.8 Å². The summed E-state index contributed by atoms with van der Waals surface area (Å²) in [5.41, 5.74) is -3.78. The zero-order valence-corrected chi connectivity index (χ0v) is 38.3. The Morgan fingerprint density at radius 1 is 0.479 bits per heavy atom. The van der Waals surface area contributed by atoms with Gasteiger partial charge in [0.25, 0.3) is 12.5 Å². The maximum atomic E-state index is 12.7. The summed E-state index contributed by atoms with van der Waals surface area (Å²) in [6, 6.07) is -4.68. The summed E-state index contributed by atoms with van der Waals surface area (Å²) in [4.78, 5) is 177. The molecule has 0 bridgehead atoms. The minimum Gasteiger partial charge on any atom is -0.405 e. The summed E-state index contributed by atoms with van der Waals surface area (Å²) < 4.78 is 9.77. The zero-order valence-electron chi connectivity index (χ0n) is 38.3. The summed E-state index contributed by atoms with van der Waals surface area (Å²) in [5.74, 6) is -0.420. The Bertz CT molecular complexity index is 2400. The molecule has 0 aromatic carbocycles. The molecule has 0 spiro atoms. The molecule has 40 heteroatoms. The van der Waals surface area contributed by atoms with Gasteiger partial charge in [-0.15, -0.1) is 0 Å². The van der Waals surface area contributed by atoms with Gasteiger partial charge in [-0.1, -0.05) is 0 Å². The first-order valence-electron chi connectivity index (χ1n) is 20.0. The van der Waals surface area contributed by atoms with E-state index >= 15 is 0 Å². The molecule has 1 aromatic rings. The van der Waals surface area contributed by atoms with Crippen LogP contribution in [0.25, 0.3) is 0 Å². The number of rotatable bonds is 30. The number of aromatic nitrogens is 3. The molecule has 0 aliphatic rings. The smallest absolute Gasteiger partial charge is 0.339 e. The first-order chi connectivity index (χ1) is 35.1. The average molecular weight is 1040 g/mol. The Balaban J connectivity index is 0.00000142. The number of carbonyl (C=O) groups is 7. The van der Waals surface area contributed by atoms with Crippen LogP contribution in [0.5, 0.6) is 0 Å². The van der Waals surface area contributed by atoms with Crippen LogP contribution in [0.15, 0.2) is 34.4 Å². The Morgan fingerprint density at radius 2 is 0.808 bits per heavy atom. The molecule has 396 valence electrons. The third-order valence-corrected chi connectivity index (χ3v) is 7.61. The van der Waals surface area contributed by atoms with Crippen molar-refractivity contribution in [3.63, 3.8) is 0 Å². The van der Waals surface area contributed by atoms with Gasteiger partial charge in [0.15, 0.2) is 13.5 Å². The van der Waals surface area contributed by atoms with Gasteiger partial charge in [0, 0.05) is 13.0 Å². The molecule has 0 saturated heterocycles. The van der Waals surface area contributed by atoms with Gasteiger partial charge >= 0.3 is 53.3 Å². The summed E-state index contributed by atoms with van der Waals surface area (Å²) >= 11 is 0. The normalized spacial score (nSPS) is 9.44. The van der Waals surface area contributed by atoms with Crippen LogP contribution in [-0.4, -0.2) is 170 Å². The van der Waals surface area contributed by atoms with E-state index in [9.17, 15) is 67.1 Å². The maximum Gasteiger partial charge on any atom is 0.339 e. The van der Waals surface area contributed by atoms with E-state index in [2.05, 4.69) is 98.6 Å². The fourth-order valence-corrected chi connectivity index (χ4v) is 4.41. The lowest BCUT2D eigenvalue weighted by molar-refractivity contribution is -0.121. The van der Waals surface area contributed by atoms with Gasteiger partial charge in [-0.3, -0.25) is 14.6 Å². The van der Waals surface area contributed by atoms with Gasteiger partial charge in [0.2, 0.25) is 30.2 Å². The third-order valence-electron chi connectivity index (χ3n) is 7.61. The highest BCUT2D eigenvalue weighted by Crippen LogP contribution is 1.93. The number of hydrogen-bond acceptors (Lipinski definition) is 24. The lowest BCUT2D eigenvalue weighted by atomic mass is 10.4. The molecule has 1 heterocycles. The number of amides is 13. The van der Waals surface area contributed by atoms with Crippen LogP contribution in [0.3, 0.4) is 0 Å². The highest BCUT2D eigenvalue weighted by Gasteiger charge is 2.19. The second-order valence-corrected chi connectivity index (χ2v) is 12.5. The van der Waals surface area contributed by atoms with Crippen molar-refractivity contribution in [3.8, 4) is 12.5 Å². The number of ether oxygens (including phenoxy) is 2. The number of nitriles is 2. The molecular weight excluding hydrogens is 989 g/mol. The van der Waals surface area contributed by atoms with Crippen LogP contribution in [-0.2, 0) is 53.5 Å². The van der Waals surface area contributed by atoms with Crippen molar-refractivity contribution >= 4 is 66.4 Å². The number of urea groups is 6. The Kier molecular flexibility index (Phi) is 33.8. The van der Waals surface area contributed by atoms with Gasteiger partial charge < -0.3 is 78.6 Å². The van der Waals surface area contributed by atoms with Crippen LogP contribution < -0.4 is 86.2 Å². The summed E-state index contributed by atoms with van der Waals surface area (Å²) in [6.45, 7) is -2.70. The molecule has 0 aliphatic heterocycles. The highest BCUT2D eigenvalue weighted by atomic mass is 16.5. The van der Waals surface area contributed by atoms with E-state index in [4.69, 9.17) is 10.5 Å². The fourth-order valence-electron chi connectivity index (χ4n) is 4.41. The summed E-state index contributed by atoms with van der Waals surface area (Å²) in [7, 11) is 0. The topological polar surface area (TPSA) is 532 Å².